The topological polar surface area (TPSA) is 96.0 Å². The van der Waals surface area contributed by atoms with Gasteiger partial charge in [-0.2, -0.15) is 5.10 Å². The Hall–Kier alpha value is -3.46. The van der Waals surface area contributed by atoms with Crippen LogP contribution in [0.4, 0.5) is 11.5 Å². The second kappa shape index (κ2) is 7.59. The predicted molar refractivity (Wildman–Crippen MR) is 125 cm³/mol. The second-order valence-corrected chi connectivity index (χ2v) is 9.28. The molecule has 3 aromatic heterocycles. The maximum Gasteiger partial charge on any atom is 0.226 e. The molecule has 9 heteroatoms. The lowest BCUT2D eigenvalue weighted by molar-refractivity contribution is -0.134. The zero-order chi connectivity index (χ0) is 21.7. The summed E-state index contributed by atoms with van der Waals surface area (Å²) in [6.07, 6.45) is 9.99. The fraction of sp³-hybridized carbons (Fsp3) is 0.304. The SMILES string of the molecule is COc1cc2[nH]ncc2cc1Nc1ncnc2sc3c(c12)CC[C@H](C(=O)N1CC=CC1)C3. The lowest BCUT2D eigenvalue weighted by atomic mass is 9.87. The molecule has 4 heterocycles. The molecule has 1 aliphatic carbocycles. The molecule has 1 aliphatic heterocycles. The van der Waals surface area contributed by atoms with Crippen molar-refractivity contribution in [2.45, 2.75) is 19.3 Å². The summed E-state index contributed by atoms with van der Waals surface area (Å²) in [6, 6.07) is 3.93. The lowest BCUT2D eigenvalue weighted by Crippen LogP contribution is -2.36. The minimum Gasteiger partial charge on any atom is -0.494 e. The molecule has 162 valence electrons. The highest BCUT2D eigenvalue weighted by Gasteiger charge is 2.31. The number of H-pyrrole nitrogens is 1. The largest absolute Gasteiger partial charge is 0.494 e. The van der Waals surface area contributed by atoms with E-state index in [1.165, 1.54) is 10.4 Å². The van der Waals surface area contributed by atoms with Crippen LogP contribution in [-0.2, 0) is 17.6 Å². The Kier molecular flexibility index (Phi) is 4.57. The molecular formula is C23H22N6O2S. The van der Waals surface area contributed by atoms with Crippen LogP contribution in [0.5, 0.6) is 5.75 Å². The molecule has 0 saturated heterocycles. The van der Waals surface area contributed by atoms with Gasteiger partial charge in [-0.25, -0.2) is 9.97 Å². The number of nitrogens with one attached hydrogen (secondary N) is 2. The van der Waals surface area contributed by atoms with Gasteiger partial charge in [0.1, 0.15) is 22.7 Å². The third-order valence-electron chi connectivity index (χ3n) is 6.34. The summed E-state index contributed by atoms with van der Waals surface area (Å²) in [6.45, 7) is 1.47. The summed E-state index contributed by atoms with van der Waals surface area (Å²) in [5.74, 6) is 1.79. The van der Waals surface area contributed by atoms with Gasteiger partial charge in [-0.3, -0.25) is 9.89 Å². The van der Waals surface area contributed by atoms with E-state index in [2.05, 4.69) is 37.6 Å². The van der Waals surface area contributed by atoms with Gasteiger partial charge < -0.3 is 15.0 Å². The van der Waals surface area contributed by atoms with Crippen molar-refractivity contribution in [1.29, 1.82) is 0 Å². The van der Waals surface area contributed by atoms with Crippen LogP contribution < -0.4 is 10.1 Å². The third-order valence-corrected chi connectivity index (χ3v) is 7.50. The van der Waals surface area contributed by atoms with E-state index in [1.807, 2.05) is 17.0 Å². The molecule has 0 fully saturated rings. The van der Waals surface area contributed by atoms with Gasteiger partial charge in [0.2, 0.25) is 5.91 Å². The number of nitrogens with zero attached hydrogens (tertiary/aromatic N) is 4. The van der Waals surface area contributed by atoms with E-state index in [4.69, 9.17) is 4.74 Å². The summed E-state index contributed by atoms with van der Waals surface area (Å²) in [5, 5.41) is 12.6. The Labute approximate surface area is 188 Å². The number of aromatic amines is 1. The molecule has 8 nitrogen and oxygen atoms in total. The van der Waals surface area contributed by atoms with E-state index in [9.17, 15) is 4.79 Å². The van der Waals surface area contributed by atoms with E-state index in [1.54, 1.807) is 31.0 Å². The fourth-order valence-electron chi connectivity index (χ4n) is 4.70. The number of benzene rings is 1. The highest BCUT2D eigenvalue weighted by molar-refractivity contribution is 7.19. The Morgan fingerprint density at radius 2 is 2.16 bits per heavy atom. The maximum atomic E-state index is 12.9. The smallest absolute Gasteiger partial charge is 0.226 e. The Morgan fingerprint density at radius 1 is 1.28 bits per heavy atom. The minimum atomic E-state index is 0.0448. The fourth-order valence-corrected chi connectivity index (χ4v) is 5.96. The van der Waals surface area contributed by atoms with Crippen LogP contribution in [0.15, 0.2) is 36.8 Å². The first-order valence-corrected chi connectivity index (χ1v) is 11.5. The van der Waals surface area contributed by atoms with E-state index >= 15 is 0 Å². The average molecular weight is 447 g/mol. The maximum absolute atomic E-state index is 12.9. The molecule has 1 amide bonds. The normalized spacial score (nSPS) is 17.8. The van der Waals surface area contributed by atoms with Crippen molar-refractivity contribution < 1.29 is 9.53 Å². The molecule has 0 spiro atoms. The van der Waals surface area contributed by atoms with Crippen molar-refractivity contribution in [1.82, 2.24) is 25.1 Å². The van der Waals surface area contributed by atoms with Crippen LogP contribution in [0.1, 0.15) is 16.9 Å². The first-order chi connectivity index (χ1) is 15.7. The van der Waals surface area contributed by atoms with E-state index in [0.29, 0.717) is 5.75 Å². The van der Waals surface area contributed by atoms with Crippen molar-refractivity contribution in [3.8, 4) is 5.75 Å². The molecular weight excluding hydrogens is 424 g/mol. The van der Waals surface area contributed by atoms with E-state index in [0.717, 1.165) is 65.0 Å². The van der Waals surface area contributed by atoms with Crippen LogP contribution in [0.2, 0.25) is 0 Å². The summed E-state index contributed by atoms with van der Waals surface area (Å²) >= 11 is 1.68. The standard InChI is InChI=1S/C23H22N6O2S/c1-31-18-10-16-14(11-26-28-16)8-17(18)27-21-20-15-5-4-13(23(30)29-6-2-3-7-29)9-19(15)32-22(20)25-12-24-21/h2-3,8,10-13H,4-7,9H2,1H3,(H,26,28)(H,24,25,27)/t13-/m0/s1. The number of amides is 1. The van der Waals surface area contributed by atoms with Crippen LogP contribution >= 0.6 is 11.3 Å². The zero-order valence-electron chi connectivity index (χ0n) is 17.6. The molecule has 2 N–H and O–H groups in total. The van der Waals surface area contributed by atoms with Crippen molar-refractivity contribution in [2.75, 3.05) is 25.5 Å². The number of anilines is 2. The molecule has 1 atom stereocenters. The number of rotatable bonds is 4. The van der Waals surface area contributed by atoms with Crippen molar-refractivity contribution >= 4 is 49.9 Å². The molecule has 1 aromatic carbocycles. The molecule has 6 rings (SSSR count). The third kappa shape index (κ3) is 3.12. The van der Waals surface area contributed by atoms with Gasteiger partial charge in [-0.05, 0) is 30.9 Å². The van der Waals surface area contributed by atoms with Crippen LogP contribution in [-0.4, -0.2) is 51.2 Å². The summed E-state index contributed by atoms with van der Waals surface area (Å²) in [4.78, 5) is 26.2. The van der Waals surface area contributed by atoms with Crippen LogP contribution in [0.25, 0.3) is 21.1 Å². The number of hydrogen-bond acceptors (Lipinski definition) is 7. The number of ether oxygens (including phenoxy) is 1. The summed E-state index contributed by atoms with van der Waals surface area (Å²) in [7, 11) is 1.65. The van der Waals surface area contributed by atoms with Gasteiger partial charge in [0.05, 0.1) is 29.9 Å². The van der Waals surface area contributed by atoms with Crippen LogP contribution in [0, 0.1) is 5.92 Å². The van der Waals surface area contributed by atoms with Gasteiger partial charge >= 0.3 is 0 Å². The predicted octanol–water partition coefficient (Wildman–Crippen LogP) is 3.82. The number of aryl methyl sites for hydroxylation is 1. The van der Waals surface area contributed by atoms with Gasteiger partial charge in [-0.15, -0.1) is 11.3 Å². The number of hydrogen-bond donors (Lipinski definition) is 2. The number of carbonyl (C=O) groups excluding carboxylic acids is 1. The number of thiophene rings is 1. The lowest BCUT2D eigenvalue weighted by Gasteiger charge is -2.26. The van der Waals surface area contributed by atoms with Crippen molar-refractivity contribution in [2.24, 2.45) is 5.92 Å². The summed E-state index contributed by atoms with van der Waals surface area (Å²) in [5.41, 5.74) is 3.00. The Morgan fingerprint density at radius 3 is 3.00 bits per heavy atom. The average Bonchev–Trinajstić information content (AvgIpc) is 3.56. The number of fused-ring (bicyclic) bond motifs is 4. The molecule has 0 radical (unpaired) electrons. The number of methoxy groups -OCH3 is 1. The Balaban J connectivity index is 1.35. The molecule has 0 saturated carbocycles. The highest BCUT2D eigenvalue weighted by atomic mass is 32.1. The van der Waals surface area contributed by atoms with Crippen molar-refractivity contribution in [3.63, 3.8) is 0 Å². The molecule has 2 aliphatic rings. The van der Waals surface area contributed by atoms with Gasteiger partial charge in [0.25, 0.3) is 0 Å². The molecule has 32 heavy (non-hydrogen) atoms. The molecule has 0 bridgehead atoms. The second-order valence-electron chi connectivity index (χ2n) is 8.20. The zero-order valence-corrected chi connectivity index (χ0v) is 18.4. The van der Waals surface area contributed by atoms with Gasteiger partial charge in [0.15, 0.2) is 0 Å². The van der Waals surface area contributed by atoms with Gasteiger partial charge in [0, 0.05) is 35.3 Å². The summed E-state index contributed by atoms with van der Waals surface area (Å²) < 4.78 is 5.59. The van der Waals surface area contributed by atoms with Gasteiger partial charge in [-0.1, -0.05) is 12.2 Å². The highest BCUT2D eigenvalue weighted by Crippen LogP contribution is 2.42. The monoisotopic (exact) mass is 446 g/mol. The molecule has 0 unspecified atom stereocenters. The van der Waals surface area contributed by atoms with E-state index in [-0.39, 0.29) is 11.8 Å². The first-order valence-electron chi connectivity index (χ1n) is 10.7. The number of carbonyl (C=O) groups is 1. The van der Waals surface area contributed by atoms with Crippen molar-refractivity contribution in [3.05, 3.63) is 47.2 Å². The Bertz CT molecular complexity index is 1370. The minimum absolute atomic E-state index is 0.0448. The van der Waals surface area contributed by atoms with E-state index < -0.39 is 0 Å². The van der Waals surface area contributed by atoms with Crippen LogP contribution in [0.3, 0.4) is 0 Å². The number of aromatic nitrogens is 4. The quantitative estimate of drug-likeness (QED) is 0.463. The first kappa shape index (κ1) is 19.2. The molecule has 4 aromatic rings.